The number of piperidine rings is 1. The molecule has 1 aliphatic heterocycles. The Morgan fingerprint density at radius 2 is 2.24 bits per heavy atom. The second kappa shape index (κ2) is 9.07. The zero-order chi connectivity index (χ0) is 14.4. The molecule has 2 rings (SSSR count). The van der Waals surface area contributed by atoms with E-state index < -0.39 is 0 Å². The number of nitrogens with one attached hydrogen (secondary N) is 2. The minimum absolute atomic E-state index is 0. The molecule has 21 heavy (non-hydrogen) atoms. The lowest BCUT2D eigenvalue weighted by atomic mass is 9.97. The van der Waals surface area contributed by atoms with Crippen LogP contribution in [0.3, 0.4) is 0 Å². The monoisotopic (exact) mass is 331 g/mol. The standard InChI is InChI=1S/C13H21N5OS.ClH/c1-3-8-18-12(10-4-6-15-7-5-10)16-17-13(18)20-9-11(19)14-2;/h3,10,15H,1,4-9H2,2H3,(H,14,19);1H. The summed E-state index contributed by atoms with van der Waals surface area (Å²) in [5.41, 5.74) is 0. The van der Waals surface area contributed by atoms with Gasteiger partial charge in [-0.3, -0.25) is 4.79 Å². The van der Waals surface area contributed by atoms with E-state index in [1.807, 2.05) is 6.08 Å². The largest absolute Gasteiger partial charge is 0.358 e. The number of allylic oxidation sites excluding steroid dienone is 1. The van der Waals surface area contributed by atoms with Crippen molar-refractivity contribution in [1.82, 2.24) is 25.4 Å². The normalized spacial score (nSPS) is 15.3. The first-order valence-electron chi connectivity index (χ1n) is 6.84. The van der Waals surface area contributed by atoms with E-state index in [2.05, 4.69) is 32.0 Å². The Balaban J connectivity index is 0.00000220. The van der Waals surface area contributed by atoms with Gasteiger partial charge in [-0.05, 0) is 25.9 Å². The SMILES string of the molecule is C=CCn1c(SCC(=O)NC)nnc1C1CCNCC1.Cl. The number of rotatable bonds is 6. The number of amides is 1. The second-order valence-corrected chi connectivity index (χ2v) is 5.67. The van der Waals surface area contributed by atoms with E-state index in [4.69, 9.17) is 0 Å². The zero-order valence-electron chi connectivity index (χ0n) is 12.2. The van der Waals surface area contributed by atoms with E-state index in [9.17, 15) is 4.79 Å². The van der Waals surface area contributed by atoms with Gasteiger partial charge in [0.1, 0.15) is 5.82 Å². The van der Waals surface area contributed by atoms with Crippen molar-refractivity contribution in [2.45, 2.75) is 30.5 Å². The van der Waals surface area contributed by atoms with Crippen LogP contribution in [-0.4, -0.2) is 46.6 Å². The van der Waals surface area contributed by atoms with Gasteiger partial charge in [0.05, 0.1) is 5.75 Å². The minimum atomic E-state index is -0.00781. The van der Waals surface area contributed by atoms with Crippen LogP contribution in [0.15, 0.2) is 17.8 Å². The van der Waals surface area contributed by atoms with Crippen molar-refractivity contribution >= 4 is 30.1 Å². The fraction of sp³-hybridized carbons (Fsp3) is 0.615. The molecule has 0 bridgehead atoms. The lowest BCUT2D eigenvalue weighted by Crippen LogP contribution is -2.28. The van der Waals surface area contributed by atoms with E-state index in [1.54, 1.807) is 7.05 Å². The fourth-order valence-electron chi connectivity index (χ4n) is 2.29. The van der Waals surface area contributed by atoms with Crippen LogP contribution in [0.5, 0.6) is 0 Å². The summed E-state index contributed by atoms with van der Waals surface area (Å²) < 4.78 is 2.08. The van der Waals surface area contributed by atoms with Gasteiger partial charge < -0.3 is 15.2 Å². The number of thioether (sulfide) groups is 1. The molecule has 0 saturated carbocycles. The van der Waals surface area contributed by atoms with Gasteiger partial charge in [-0.1, -0.05) is 17.8 Å². The van der Waals surface area contributed by atoms with Crippen LogP contribution in [0.2, 0.25) is 0 Å². The molecule has 0 aromatic carbocycles. The molecule has 1 aromatic rings. The number of carbonyl (C=O) groups excluding carboxylic acids is 1. The van der Waals surface area contributed by atoms with E-state index in [0.717, 1.165) is 36.9 Å². The zero-order valence-corrected chi connectivity index (χ0v) is 13.8. The molecule has 0 radical (unpaired) electrons. The molecule has 8 heteroatoms. The van der Waals surface area contributed by atoms with Crippen molar-refractivity contribution in [2.24, 2.45) is 0 Å². The minimum Gasteiger partial charge on any atom is -0.358 e. The maximum atomic E-state index is 11.3. The number of hydrogen-bond donors (Lipinski definition) is 2. The van der Waals surface area contributed by atoms with Crippen LogP contribution in [0.4, 0.5) is 0 Å². The van der Waals surface area contributed by atoms with Crippen LogP contribution in [0, 0.1) is 0 Å². The third-order valence-electron chi connectivity index (χ3n) is 3.37. The number of nitrogens with zero attached hydrogens (tertiary/aromatic N) is 3. The molecular formula is C13H22ClN5OS. The number of halogens is 1. The maximum absolute atomic E-state index is 11.3. The molecule has 2 N–H and O–H groups in total. The summed E-state index contributed by atoms with van der Waals surface area (Å²) in [4.78, 5) is 11.3. The molecule has 118 valence electrons. The molecule has 6 nitrogen and oxygen atoms in total. The van der Waals surface area contributed by atoms with Gasteiger partial charge in [0, 0.05) is 19.5 Å². The molecule has 0 aliphatic carbocycles. The Hall–Kier alpha value is -1.05. The van der Waals surface area contributed by atoms with Gasteiger partial charge >= 0.3 is 0 Å². The van der Waals surface area contributed by atoms with Gasteiger partial charge in [0.15, 0.2) is 5.16 Å². The average molecular weight is 332 g/mol. The highest BCUT2D eigenvalue weighted by atomic mass is 35.5. The molecule has 2 heterocycles. The molecule has 1 aliphatic rings. The third kappa shape index (κ3) is 4.72. The lowest BCUT2D eigenvalue weighted by Gasteiger charge is -2.22. The van der Waals surface area contributed by atoms with Crippen LogP contribution >= 0.6 is 24.2 Å². The predicted molar refractivity (Wildman–Crippen MR) is 87.1 cm³/mol. The molecule has 0 spiro atoms. The summed E-state index contributed by atoms with van der Waals surface area (Å²) in [5.74, 6) is 1.81. The Morgan fingerprint density at radius 1 is 1.52 bits per heavy atom. The molecule has 1 fully saturated rings. The quantitative estimate of drug-likeness (QED) is 0.605. The highest BCUT2D eigenvalue weighted by molar-refractivity contribution is 7.99. The van der Waals surface area contributed by atoms with Crippen molar-refractivity contribution < 1.29 is 4.79 Å². The highest BCUT2D eigenvalue weighted by Crippen LogP contribution is 2.27. The summed E-state index contributed by atoms with van der Waals surface area (Å²) in [6.45, 7) is 6.52. The topological polar surface area (TPSA) is 71.8 Å². The Labute approximate surface area is 135 Å². The second-order valence-electron chi connectivity index (χ2n) is 4.73. The molecule has 0 atom stereocenters. The van der Waals surface area contributed by atoms with Crippen LogP contribution in [-0.2, 0) is 11.3 Å². The molecule has 1 amide bonds. The number of hydrogen-bond acceptors (Lipinski definition) is 5. The molecule has 0 unspecified atom stereocenters. The first kappa shape index (κ1) is 18.0. The first-order chi connectivity index (χ1) is 9.76. The predicted octanol–water partition coefficient (Wildman–Crippen LogP) is 1.19. The van der Waals surface area contributed by atoms with Crippen molar-refractivity contribution in [3.8, 4) is 0 Å². The smallest absolute Gasteiger partial charge is 0.230 e. The van der Waals surface area contributed by atoms with Crippen molar-refractivity contribution in [2.75, 3.05) is 25.9 Å². The molecular weight excluding hydrogens is 310 g/mol. The summed E-state index contributed by atoms with van der Waals surface area (Å²) in [6, 6.07) is 0. The fourth-order valence-corrected chi connectivity index (χ4v) is 3.12. The van der Waals surface area contributed by atoms with Gasteiger partial charge in [-0.15, -0.1) is 29.2 Å². The number of carbonyl (C=O) groups is 1. The molecule has 1 saturated heterocycles. The van der Waals surface area contributed by atoms with Crippen LogP contribution in [0.1, 0.15) is 24.6 Å². The summed E-state index contributed by atoms with van der Waals surface area (Å²) in [5, 5.41) is 15.4. The molecule has 1 aromatic heterocycles. The lowest BCUT2D eigenvalue weighted by molar-refractivity contribution is -0.118. The summed E-state index contributed by atoms with van der Waals surface area (Å²) >= 11 is 1.42. The number of aromatic nitrogens is 3. The summed E-state index contributed by atoms with van der Waals surface area (Å²) in [7, 11) is 1.64. The van der Waals surface area contributed by atoms with Gasteiger partial charge in [0.2, 0.25) is 5.91 Å². The van der Waals surface area contributed by atoms with E-state index >= 15 is 0 Å². The van der Waals surface area contributed by atoms with E-state index in [0.29, 0.717) is 18.2 Å². The highest BCUT2D eigenvalue weighted by Gasteiger charge is 2.23. The van der Waals surface area contributed by atoms with E-state index in [-0.39, 0.29) is 18.3 Å². The van der Waals surface area contributed by atoms with Crippen LogP contribution in [0.25, 0.3) is 0 Å². The van der Waals surface area contributed by atoms with Gasteiger partial charge in [0.25, 0.3) is 0 Å². The van der Waals surface area contributed by atoms with Crippen molar-refractivity contribution in [3.63, 3.8) is 0 Å². The first-order valence-corrected chi connectivity index (χ1v) is 7.83. The van der Waals surface area contributed by atoms with Crippen molar-refractivity contribution in [1.29, 1.82) is 0 Å². The third-order valence-corrected chi connectivity index (χ3v) is 4.34. The Kier molecular flexibility index (Phi) is 7.77. The maximum Gasteiger partial charge on any atom is 0.230 e. The average Bonchev–Trinajstić information content (AvgIpc) is 2.89. The summed E-state index contributed by atoms with van der Waals surface area (Å²) in [6.07, 6.45) is 4.00. The van der Waals surface area contributed by atoms with Gasteiger partial charge in [-0.2, -0.15) is 0 Å². The van der Waals surface area contributed by atoms with E-state index in [1.165, 1.54) is 11.8 Å². The Bertz CT molecular complexity index is 473. The van der Waals surface area contributed by atoms with Crippen LogP contribution < -0.4 is 10.6 Å². The van der Waals surface area contributed by atoms with Gasteiger partial charge in [-0.25, -0.2) is 0 Å². The Morgan fingerprint density at radius 3 is 2.86 bits per heavy atom. The van der Waals surface area contributed by atoms with Crippen molar-refractivity contribution in [3.05, 3.63) is 18.5 Å².